The van der Waals surface area contributed by atoms with Crippen molar-refractivity contribution in [2.24, 2.45) is 5.41 Å². The quantitative estimate of drug-likeness (QED) is 0.854. The highest BCUT2D eigenvalue weighted by Gasteiger charge is 2.15. The van der Waals surface area contributed by atoms with Crippen LogP contribution in [0.15, 0.2) is 6.20 Å². The second-order valence-corrected chi connectivity index (χ2v) is 5.88. The fourth-order valence-corrected chi connectivity index (χ4v) is 1.31. The molecule has 16 heavy (non-hydrogen) atoms. The normalized spacial score (nSPS) is 14.4. The van der Waals surface area contributed by atoms with E-state index in [4.69, 9.17) is 0 Å². The maximum atomic E-state index is 4.19. The third-order valence-corrected chi connectivity index (χ3v) is 2.44. The first-order chi connectivity index (χ1) is 7.29. The summed E-state index contributed by atoms with van der Waals surface area (Å²) in [5.74, 6) is 0. The van der Waals surface area contributed by atoms with E-state index in [1.807, 2.05) is 10.9 Å². The minimum Gasteiger partial charge on any atom is -0.308 e. The molecule has 1 N–H and O–H groups in total. The Morgan fingerprint density at radius 1 is 1.31 bits per heavy atom. The number of hydrogen-bond donors (Lipinski definition) is 1. The van der Waals surface area contributed by atoms with Crippen molar-refractivity contribution in [2.75, 3.05) is 6.54 Å². The molecule has 0 aromatic carbocycles. The molecule has 4 heteroatoms. The number of aromatic nitrogens is 3. The second kappa shape index (κ2) is 4.95. The molecule has 0 amide bonds. The van der Waals surface area contributed by atoms with E-state index in [0.717, 1.165) is 12.2 Å². The predicted octanol–water partition coefficient (Wildman–Crippen LogP) is 2.56. The van der Waals surface area contributed by atoms with Crippen molar-refractivity contribution < 1.29 is 0 Å². The molecule has 1 rings (SSSR count). The highest BCUT2D eigenvalue weighted by Crippen LogP contribution is 2.15. The number of nitrogens with zero attached hydrogens (tertiary/aromatic N) is 3. The minimum atomic E-state index is 0.256. The lowest BCUT2D eigenvalue weighted by Gasteiger charge is -2.21. The Labute approximate surface area is 98.4 Å². The van der Waals surface area contributed by atoms with Crippen LogP contribution in [0.2, 0.25) is 0 Å². The van der Waals surface area contributed by atoms with Crippen molar-refractivity contribution in [3.63, 3.8) is 0 Å². The Balaban J connectivity index is 2.56. The molecule has 0 aliphatic carbocycles. The summed E-state index contributed by atoms with van der Waals surface area (Å²) in [6, 6.07) is 0.628. The van der Waals surface area contributed by atoms with Gasteiger partial charge in [0, 0.05) is 12.6 Å². The van der Waals surface area contributed by atoms with E-state index in [1.54, 1.807) is 0 Å². The summed E-state index contributed by atoms with van der Waals surface area (Å²) in [7, 11) is 0. The van der Waals surface area contributed by atoms with Gasteiger partial charge < -0.3 is 5.32 Å². The standard InChI is InChI=1S/C12H24N4/c1-9(2)16-7-11(14-15-16)10(3)13-8-12(4,5)6/h7,9-10,13H,8H2,1-6H3. The van der Waals surface area contributed by atoms with Crippen LogP contribution in [0.25, 0.3) is 0 Å². The first kappa shape index (κ1) is 13.2. The number of nitrogens with one attached hydrogen (secondary N) is 1. The van der Waals surface area contributed by atoms with Crippen LogP contribution in [0.4, 0.5) is 0 Å². The van der Waals surface area contributed by atoms with E-state index >= 15 is 0 Å². The molecule has 4 nitrogen and oxygen atoms in total. The molecule has 0 fully saturated rings. The Bertz CT molecular complexity index is 322. The first-order valence-electron chi connectivity index (χ1n) is 5.95. The van der Waals surface area contributed by atoms with Gasteiger partial charge in [0.15, 0.2) is 0 Å². The van der Waals surface area contributed by atoms with Gasteiger partial charge in [0.2, 0.25) is 0 Å². The van der Waals surface area contributed by atoms with Crippen molar-refractivity contribution in [2.45, 2.75) is 53.6 Å². The monoisotopic (exact) mass is 224 g/mol. The molecule has 0 spiro atoms. The molecule has 1 heterocycles. The summed E-state index contributed by atoms with van der Waals surface area (Å²) in [6.45, 7) is 14.0. The van der Waals surface area contributed by atoms with Gasteiger partial charge in [-0.3, -0.25) is 0 Å². The van der Waals surface area contributed by atoms with Gasteiger partial charge in [-0.25, -0.2) is 4.68 Å². The van der Waals surface area contributed by atoms with Crippen LogP contribution < -0.4 is 5.32 Å². The van der Waals surface area contributed by atoms with E-state index in [1.165, 1.54) is 0 Å². The van der Waals surface area contributed by atoms with Crippen LogP contribution in [-0.2, 0) is 0 Å². The largest absolute Gasteiger partial charge is 0.308 e. The van der Waals surface area contributed by atoms with Gasteiger partial charge in [-0.05, 0) is 26.2 Å². The van der Waals surface area contributed by atoms with E-state index < -0.39 is 0 Å². The molecular weight excluding hydrogens is 200 g/mol. The molecule has 1 aromatic rings. The Kier molecular flexibility index (Phi) is 4.08. The molecule has 1 atom stereocenters. The third-order valence-electron chi connectivity index (χ3n) is 2.44. The van der Waals surface area contributed by atoms with Crippen LogP contribution >= 0.6 is 0 Å². The smallest absolute Gasteiger partial charge is 0.0993 e. The van der Waals surface area contributed by atoms with Crippen molar-refractivity contribution in [3.8, 4) is 0 Å². The van der Waals surface area contributed by atoms with Crippen molar-refractivity contribution in [3.05, 3.63) is 11.9 Å². The Morgan fingerprint density at radius 3 is 2.38 bits per heavy atom. The Hall–Kier alpha value is -0.900. The van der Waals surface area contributed by atoms with E-state index in [-0.39, 0.29) is 6.04 Å². The maximum absolute atomic E-state index is 4.19. The van der Waals surface area contributed by atoms with Crippen molar-refractivity contribution >= 4 is 0 Å². The highest BCUT2D eigenvalue weighted by molar-refractivity contribution is 4.99. The lowest BCUT2D eigenvalue weighted by molar-refractivity contribution is 0.357. The van der Waals surface area contributed by atoms with Crippen LogP contribution in [-0.4, -0.2) is 21.5 Å². The summed E-state index contributed by atoms with van der Waals surface area (Å²) in [5.41, 5.74) is 1.31. The van der Waals surface area contributed by atoms with Crippen LogP contribution in [0.5, 0.6) is 0 Å². The topological polar surface area (TPSA) is 42.7 Å². The van der Waals surface area contributed by atoms with Gasteiger partial charge in [-0.2, -0.15) is 0 Å². The van der Waals surface area contributed by atoms with Crippen LogP contribution in [0.1, 0.15) is 59.3 Å². The fourth-order valence-electron chi connectivity index (χ4n) is 1.31. The minimum absolute atomic E-state index is 0.256. The highest BCUT2D eigenvalue weighted by atomic mass is 15.4. The summed E-state index contributed by atoms with van der Waals surface area (Å²) in [6.07, 6.45) is 2.02. The van der Waals surface area contributed by atoms with Gasteiger partial charge in [0.05, 0.1) is 17.9 Å². The summed E-state index contributed by atoms with van der Waals surface area (Å²) in [4.78, 5) is 0. The van der Waals surface area contributed by atoms with Gasteiger partial charge in [0.25, 0.3) is 0 Å². The van der Waals surface area contributed by atoms with Crippen LogP contribution in [0, 0.1) is 5.41 Å². The number of rotatable bonds is 4. The van der Waals surface area contributed by atoms with Gasteiger partial charge in [-0.15, -0.1) is 5.10 Å². The van der Waals surface area contributed by atoms with Gasteiger partial charge in [-0.1, -0.05) is 26.0 Å². The van der Waals surface area contributed by atoms with Gasteiger partial charge in [0.1, 0.15) is 0 Å². The first-order valence-corrected chi connectivity index (χ1v) is 5.95. The predicted molar refractivity (Wildman–Crippen MR) is 66.3 cm³/mol. The molecule has 0 aliphatic heterocycles. The molecule has 92 valence electrons. The third kappa shape index (κ3) is 3.93. The van der Waals surface area contributed by atoms with Crippen molar-refractivity contribution in [1.29, 1.82) is 0 Å². The van der Waals surface area contributed by atoms with E-state index in [2.05, 4.69) is 57.2 Å². The summed E-state index contributed by atoms with van der Waals surface area (Å²) < 4.78 is 1.89. The zero-order valence-electron chi connectivity index (χ0n) is 11.3. The maximum Gasteiger partial charge on any atom is 0.0993 e. The fraction of sp³-hybridized carbons (Fsp3) is 0.833. The van der Waals surface area contributed by atoms with Crippen LogP contribution in [0.3, 0.4) is 0 Å². The summed E-state index contributed by atoms with van der Waals surface area (Å²) >= 11 is 0. The molecule has 0 bridgehead atoms. The second-order valence-electron chi connectivity index (χ2n) is 5.88. The average molecular weight is 224 g/mol. The lowest BCUT2D eigenvalue weighted by Crippen LogP contribution is -2.29. The van der Waals surface area contributed by atoms with E-state index in [0.29, 0.717) is 11.5 Å². The average Bonchev–Trinajstić information content (AvgIpc) is 2.61. The molecule has 0 saturated heterocycles. The molecule has 1 unspecified atom stereocenters. The molecule has 0 radical (unpaired) electrons. The molecule has 0 aliphatic rings. The number of hydrogen-bond acceptors (Lipinski definition) is 3. The zero-order valence-corrected chi connectivity index (χ0v) is 11.3. The molecule has 1 aromatic heterocycles. The zero-order chi connectivity index (χ0) is 12.3. The SMILES string of the molecule is CC(NCC(C)(C)C)c1cn(C(C)C)nn1. The van der Waals surface area contributed by atoms with E-state index in [9.17, 15) is 0 Å². The van der Waals surface area contributed by atoms with Gasteiger partial charge >= 0.3 is 0 Å². The molecule has 0 saturated carbocycles. The lowest BCUT2D eigenvalue weighted by atomic mass is 9.96. The summed E-state index contributed by atoms with van der Waals surface area (Å²) in [5, 5.41) is 11.8. The van der Waals surface area contributed by atoms with Crippen molar-refractivity contribution in [1.82, 2.24) is 20.3 Å². The Morgan fingerprint density at radius 2 is 1.94 bits per heavy atom. The molecular formula is C12H24N4.